The molecule has 3 N–H and O–H groups in total. The molecule has 2 aromatic rings. The number of aliphatic hydroxyl groups is 1. The van der Waals surface area contributed by atoms with Gasteiger partial charge < -0.3 is 34.5 Å². The minimum absolute atomic E-state index is 0.0386. The first kappa shape index (κ1) is 18.8. The molecule has 1 aliphatic heterocycles. The highest BCUT2D eigenvalue weighted by Crippen LogP contribution is 2.32. The SMILES string of the molecule is COc1cc(C(=O)O)ccc1OCC(O)CNCc1ccc2c(c1)OCO2. The van der Waals surface area contributed by atoms with E-state index in [4.69, 9.17) is 24.1 Å². The van der Waals surface area contributed by atoms with Gasteiger partial charge in [-0.25, -0.2) is 4.79 Å². The number of hydrogen-bond acceptors (Lipinski definition) is 7. The zero-order valence-corrected chi connectivity index (χ0v) is 14.8. The van der Waals surface area contributed by atoms with Gasteiger partial charge in [-0.1, -0.05) is 6.07 Å². The number of nitrogens with one attached hydrogen (secondary N) is 1. The number of aromatic carboxylic acids is 1. The Morgan fingerprint density at radius 2 is 2.00 bits per heavy atom. The van der Waals surface area contributed by atoms with E-state index in [2.05, 4.69) is 5.32 Å². The summed E-state index contributed by atoms with van der Waals surface area (Å²) in [6.45, 7) is 1.16. The Labute approximate surface area is 156 Å². The standard InChI is InChI=1S/C19H21NO7/c1-24-17-7-13(19(22)23)3-5-15(17)25-10-14(21)9-20-8-12-2-4-16-18(6-12)27-11-26-16/h2-7,14,20-21H,8-11H2,1H3,(H,22,23). The molecule has 1 atom stereocenters. The van der Waals surface area contributed by atoms with E-state index in [0.29, 0.717) is 24.6 Å². The van der Waals surface area contributed by atoms with E-state index in [1.807, 2.05) is 18.2 Å². The third-order valence-corrected chi connectivity index (χ3v) is 3.99. The highest BCUT2D eigenvalue weighted by Gasteiger charge is 2.14. The van der Waals surface area contributed by atoms with E-state index in [1.165, 1.54) is 25.3 Å². The van der Waals surface area contributed by atoms with E-state index < -0.39 is 12.1 Å². The molecule has 3 rings (SSSR count). The number of ether oxygens (including phenoxy) is 4. The van der Waals surface area contributed by atoms with Crippen molar-refractivity contribution in [2.45, 2.75) is 12.6 Å². The molecule has 0 bridgehead atoms. The Hall–Kier alpha value is -2.97. The van der Waals surface area contributed by atoms with E-state index in [-0.39, 0.29) is 19.0 Å². The summed E-state index contributed by atoms with van der Waals surface area (Å²) in [5.74, 6) is 1.07. The van der Waals surface area contributed by atoms with Crippen molar-refractivity contribution in [2.24, 2.45) is 0 Å². The molecule has 1 aliphatic rings. The normalized spacial score (nSPS) is 13.3. The van der Waals surface area contributed by atoms with Crippen LogP contribution in [0.3, 0.4) is 0 Å². The summed E-state index contributed by atoms with van der Waals surface area (Å²) in [6, 6.07) is 9.98. The number of carboxylic acids is 1. The molecule has 8 heteroatoms. The summed E-state index contributed by atoms with van der Waals surface area (Å²) in [7, 11) is 1.43. The number of benzene rings is 2. The van der Waals surface area contributed by atoms with Gasteiger partial charge in [-0.3, -0.25) is 0 Å². The van der Waals surface area contributed by atoms with E-state index in [0.717, 1.165) is 17.1 Å². The van der Waals surface area contributed by atoms with Crippen LogP contribution in [0.2, 0.25) is 0 Å². The summed E-state index contributed by atoms with van der Waals surface area (Å²) in [5.41, 5.74) is 1.11. The van der Waals surface area contributed by atoms with Crippen molar-refractivity contribution in [3.05, 3.63) is 47.5 Å². The third-order valence-electron chi connectivity index (χ3n) is 3.99. The van der Waals surface area contributed by atoms with Gasteiger partial charge in [0.15, 0.2) is 23.0 Å². The van der Waals surface area contributed by atoms with Gasteiger partial charge in [0.25, 0.3) is 0 Å². The Balaban J connectivity index is 1.46. The molecule has 8 nitrogen and oxygen atoms in total. The van der Waals surface area contributed by atoms with Crippen LogP contribution in [0.1, 0.15) is 15.9 Å². The minimum Gasteiger partial charge on any atom is -0.493 e. The minimum atomic E-state index is -1.05. The van der Waals surface area contributed by atoms with E-state index >= 15 is 0 Å². The lowest BCUT2D eigenvalue weighted by molar-refractivity contribution is 0.0696. The van der Waals surface area contributed by atoms with Crippen LogP contribution in [0.5, 0.6) is 23.0 Å². The van der Waals surface area contributed by atoms with Crippen molar-refractivity contribution >= 4 is 5.97 Å². The van der Waals surface area contributed by atoms with Crippen molar-refractivity contribution in [3.8, 4) is 23.0 Å². The average Bonchev–Trinajstić information content (AvgIpc) is 3.14. The zero-order valence-electron chi connectivity index (χ0n) is 14.8. The second kappa shape index (κ2) is 8.61. The van der Waals surface area contributed by atoms with E-state index in [1.54, 1.807) is 0 Å². The fourth-order valence-electron chi connectivity index (χ4n) is 2.60. The molecule has 0 saturated carbocycles. The zero-order chi connectivity index (χ0) is 19.2. The van der Waals surface area contributed by atoms with Crippen LogP contribution in [-0.2, 0) is 6.54 Å². The molecule has 1 unspecified atom stereocenters. The molecule has 0 amide bonds. The van der Waals surface area contributed by atoms with Crippen LogP contribution < -0.4 is 24.3 Å². The summed E-state index contributed by atoms with van der Waals surface area (Å²) in [5, 5.41) is 22.2. The smallest absolute Gasteiger partial charge is 0.335 e. The Morgan fingerprint density at radius 3 is 2.78 bits per heavy atom. The Bertz CT molecular complexity index is 809. The Kier molecular flexibility index (Phi) is 6.00. The maximum absolute atomic E-state index is 11.0. The second-order valence-corrected chi connectivity index (χ2v) is 5.95. The number of fused-ring (bicyclic) bond motifs is 1. The number of aliphatic hydroxyl groups excluding tert-OH is 1. The van der Waals surface area contributed by atoms with Crippen LogP contribution in [-0.4, -0.2) is 49.3 Å². The molecule has 0 spiro atoms. The molecule has 27 heavy (non-hydrogen) atoms. The van der Waals surface area contributed by atoms with Gasteiger partial charge in [0, 0.05) is 13.1 Å². The van der Waals surface area contributed by atoms with Crippen molar-refractivity contribution in [3.63, 3.8) is 0 Å². The van der Waals surface area contributed by atoms with Gasteiger partial charge >= 0.3 is 5.97 Å². The van der Waals surface area contributed by atoms with Crippen LogP contribution >= 0.6 is 0 Å². The summed E-state index contributed by atoms with van der Waals surface area (Å²) in [4.78, 5) is 11.0. The lowest BCUT2D eigenvalue weighted by Gasteiger charge is -2.15. The second-order valence-electron chi connectivity index (χ2n) is 5.95. The molecule has 1 heterocycles. The van der Waals surface area contributed by atoms with Crippen LogP contribution in [0, 0.1) is 0 Å². The van der Waals surface area contributed by atoms with Gasteiger partial charge in [-0.15, -0.1) is 0 Å². The van der Waals surface area contributed by atoms with Crippen molar-refractivity contribution in [1.29, 1.82) is 0 Å². The van der Waals surface area contributed by atoms with Gasteiger partial charge in [-0.05, 0) is 35.9 Å². The van der Waals surface area contributed by atoms with Gasteiger partial charge in [-0.2, -0.15) is 0 Å². The van der Waals surface area contributed by atoms with Crippen LogP contribution in [0.15, 0.2) is 36.4 Å². The molecule has 144 valence electrons. The fourth-order valence-corrected chi connectivity index (χ4v) is 2.60. The molecule has 0 aromatic heterocycles. The first-order chi connectivity index (χ1) is 13.1. The highest BCUT2D eigenvalue weighted by atomic mass is 16.7. The molecular formula is C19H21NO7. The summed E-state index contributed by atoms with van der Waals surface area (Å²) < 4.78 is 21.3. The number of carboxylic acid groups (broad SMARTS) is 1. The molecular weight excluding hydrogens is 354 g/mol. The van der Waals surface area contributed by atoms with Gasteiger partial charge in [0.2, 0.25) is 6.79 Å². The first-order valence-corrected chi connectivity index (χ1v) is 8.38. The molecule has 0 saturated heterocycles. The quantitative estimate of drug-likeness (QED) is 0.607. The maximum Gasteiger partial charge on any atom is 0.335 e. The monoisotopic (exact) mass is 375 g/mol. The molecule has 0 radical (unpaired) electrons. The summed E-state index contributed by atoms with van der Waals surface area (Å²) in [6.07, 6.45) is -0.747. The Morgan fingerprint density at radius 1 is 1.19 bits per heavy atom. The lowest BCUT2D eigenvalue weighted by atomic mass is 10.2. The van der Waals surface area contributed by atoms with Crippen molar-refractivity contribution in [1.82, 2.24) is 5.32 Å². The van der Waals surface area contributed by atoms with Gasteiger partial charge in [0.05, 0.1) is 12.7 Å². The number of rotatable bonds is 9. The number of carbonyl (C=O) groups is 1. The predicted molar refractivity (Wildman–Crippen MR) is 95.7 cm³/mol. The predicted octanol–water partition coefficient (Wildman–Crippen LogP) is 1.65. The van der Waals surface area contributed by atoms with E-state index in [9.17, 15) is 9.90 Å². The third kappa shape index (κ3) is 4.81. The van der Waals surface area contributed by atoms with Gasteiger partial charge in [0.1, 0.15) is 12.7 Å². The lowest BCUT2D eigenvalue weighted by Crippen LogP contribution is -2.31. The molecule has 0 fully saturated rings. The largest absolute Gasteiger partial charge is 0.493 e. The van der Waals surface area contributed by atoms with Crippen molar-refractivity contribution < 1.29 is 34.0 Å². The van der Waals surface area contributed by atoms with Crippen LogP contribution in [0.25, 0.3) is 0 Å². The number of hydrogen-bond donors (Lipinski definition) is 3. The number of methoxy groups -OCH3 is 1. The fraction of sp³-hybridized carbons (Fsp3) is 0.316. The molecule has 2 aromatic carbocycles. The topological polar surface area (TPSA) is 106 Å². The van der Waals surface area contributed by atoms with Crippen molar-refractivity contribution in [2.75, 3.05) is 27.1 Å². The average molecular weight is 375 g/mol. The maximum atomic E-state index is 11.0. The highest BCUT2D eigenvalue weighted by molar-refractivity contribution is 5.88. The first-order valence-electron chi connectivity index (χ1n) is 8.38. The molecule has 0 aliphatic carbocycles. The summed E-state index contributed by atoms with van der Waals surface area (Å²) >= 11 is 0. The van der Waals surface area contributed by atoms with Crippen LogP contribution in [0.4, 0.5) is 0 Å².